The number of ether oxygens (including phenoxy) is 1. The number of rotatable bonds is 6. The van der Waals surface area contributed by atoms with E-state index in [0.29, 0.717) is 0 Å². The molecule has 0 N–H and O–H groups in total. The van der Waals surface area contributed by atoms with Crippen molar-refractivity contribution in [1.82, 2.24) is 0 Å². The van der Waals surface area contributed by atoms with Gasteiger partial charge in [-0.2, -0.15) is 0 Å². The quantitative estimate of drug-likeness (QED) is 0.541. The van der Waals surface area contributed by atoms with Crippen molar-refractivity contribution in [3.05, 3.63) is 65.7 Å². The zero-order valence-electron chi connectivity index (χ0n) is 14.9. The minimum atomic E-state index is 0.837. The van der Waals surface area contributed by atoms with Gasteiger partial charge >= 0.3 is 0 Å². The lowest BCUT2D eigenvalue weighted by Gasteiger charge is -2.49. The highest BCUT2D eigenvalue weighted by Crippen LogP contribution is 2.33. The number of fused-ring (bicyclic) bond motifs is 3. The number of quaternary nitrogens is 1. The Labute approximate surface area is 151 Å². The number of benzene rings is 2. The lowest BCUT2D eigenvalue weighted by molar-refractivity contribution is -0.942. The maximum atomic E-state index is 6.03. The summed E-state index contributed by atoms with van der Waals surface area (Å²) in [5.74, 6) is 2.01. The lowest BCUT2D eigenvalue weighted by Crippen LogP contribution is -2.59. The van der Waals surface area contributed by atoms with E-state index in [1.807, 2.05) is 6.07 Å². The number of piperidine rings is 3. The highest BCUT2D eigenvalue weighted by Gasteiger charge is 2.39. The van der Waals surface area contributed by atoms with Gasteiger partial charge in [0.2, 0.25) is 0 Å². The number of hydrogen-bond acceptors (Lipinski definition) is 1. The SMILES string of the molecule is C(=Cc1ccc(OCC[N+]23CCC(CC2)CC3)cc1)c1ccccc1. The van der Waals surface area contributed by atoms with Crippen LogP contribution in [0.1, 0.15) is 30.4 Å². The normalized spacial score (nSPS) is 25.4. The van der Waals surface area contributed by atoms with Crippen molar-refractivity contribution in [3.63, 3.8) is 0 Å². The van der Waals surface area contributed by atoms with Crippen LogP contribution in [0.2, 0.25) is 0 Å². The molecule has 0 atom stereocenters. The molecule has 130 valence electrons. The van der Waals surface area contributed by atoms with Crippen molar-refractivity contribution in [1.29, 1.82) is 0 Å². The maximum Gasteiger partial charge on any atom is 0.137 e. The van der Waals surface area contributed by atoms with Gasteiger partial charge in [0, 0.05) is 0 Å². The molecule has 3 aliphatic rings. The first-order valence-corrected chi connectivity index (χ1v) is 9.63. The Morgan fingerprint density at radius 1 is 0.800 bits per heavy atom. The number of nitrogens with zero attached hydrogens (tertiary/aromatic N) is 1. The van der Waals surface area contributed by atoms with E-state index in [1.54, 1.807) is 0 Å². The molecule has 3 fully saturated rings. The summed E-state index contributed by atoms with van der Waals surface area (Å²) >= 11 is 0. The minimum Gasteiger partial charge on any atom is -0.488 e. The first kappa shape index (κ1) is 16.4. The van der Waals surface area contributed by atoms with Crippen LogP contribution in [0.3, 0.4) is 0 Å². The summed E-state index contributed by atoms with van der Waals surface area (Å²) in [6, 6.07) is 18.8. The maximum absolute atomic E-state index is 6.03. The molecule has 3 saturated heterocycles. The molecule has 5 rings (SSSR count). The molecule has 0 amide bonds. The van der Waals surface area contributed by atoms with Gasteiger partial charge in [-0.3, -0.25) is 0 Å². The highest BCUT2D eigenvalue weighted by molar-refractivity contribution is 5.69. The van der Waals surface area contributed by atoms with Gasteiger partial charge in [0.05, 0.1) is 19.6 Å². The molecular formula is C23H28NO+. The van der Waals surface area contributed by atoms with Crippen LogP contribution < -0.4 is 4.74 Å². The molecule has 0 aliphatic carbocycles. The van der Waals surface area contributed by atoms with E-state index in [0.717, 1.165) is 18.3 Å². The average molecular weight is 334 g/mol. The molecule has 2 heteroatoms. The smallest absolute Gasteiger partial charge is 0.137 e. The second-order valence-electron chi connectivity index (χ2n) is 7.63. The van der Waals surface area contributed by atoms with Crippen molar-refractivity contribution in [2.24, 2.45) is 5.92 Å². The van der Waals surface area contributed by atoms with Crippen molar-refractivity contribution in [2.75, 3.05) is 32.8 Å². The van der Waals surface area contributed by atoms with Gasteiger partial charge in [0.15, 0.2) is 0 Å². The van der Waals surface area contributed by atoms with Gasteiger partial charge in [-0.05, 0) is 48.4 Å². The zero-order chi connectivity index (χ0) is 17.0. The Kier molecular flexibility index (Phi) is 4.89. The highest BCUT2D eigenvalue weighted by atomic mass is 16.5. The summed E-state index contributed by atoms with van der Waals surface area (Å²) in [6.07, 6.45) is 8.59. The Hall–Kier alpha value is -2.06. The summed E-state index contributed by atoms with van der Waals surface area (Å²) in [7, 11) is 0. The first-order valence-electron chi connectivity index (χ1n) is 9.63. The molecule has 3 heterocycles. The van der Waals surface area contributed by atoms with Crippen LogP contribution in [-0.4, -0.2) is 37.3 Å². The zero-order valence-corrected chi connectivity index (χ0v) is 14.9. The molecule has 0 saturated carbocycles. The molecule has 25 heavy (non-hydrogen) atoms. The van der Waals surface area contributed by atoms with Crippen molar-refractivity contribution in [3.8, 4) is 5.75 Å². The Bertz CT molecular complexity index is 683. The fraction of sp³-hybridized carbons (Fsp3) is 0.391. The van der Waals surface area contributed by atoms with E-state index in [1.165, 1.54) is 61.1 Å². The molecule has 2 aromatic carbocycles. The van der Waals surface area contributed by atoms with E-state index in [2.05, 4.69) is 60.7 Å². The molecule has 0 radical (unpaired) electrons. The van der Waals surface area contributed by atoms with Gasteiger partial charge in [0.25, 0.3) is 0 Å². The number of hydrogen-bond donors (Lipinski definition) is 0. The summed E-state index contributed by atoms with van der Waals surface area (Å²) in [5.41, 5.74) is 2.43. The largest absolute Gasteiger partial charge is 0.488 e. The third-order valence-corrected chi connectivity index (χ3v) is 6.02. The van der Waals surface area contributed by atoms with Crippen LogP contribution in [0.5, 0.6) is 5.75 Å². The predicted octanol–water partition coefficient (Wildman–Crippen LogP) is 4.87. The van der Waals surface area contributed by atoms with Crippen LogP contribution >= 0.6 is 0 Å². The molecular weight excluding hydrogens is 306 g/mol. The van der Waals surface area contributed by atoms with Crippen LogP contribution in [0.4, 0.5) is 0 Å². The van der Waals surface area contributed by atoms with E-state index >= 15 is 0 Å². The van der Waals surface area contributed by atoms with Crippen LogP contribution in [0.25, 0.3) is 12.2 Å². The Balaban J connectivity index is 1.28. The fourth-order valence-corrected chi connectivity index (χ4v) is 4.26. The molecule has 0 spiro atoms. The second kappa shape index (κ2) is 7.45. The molecule has 3 aliphatic heterocycles. The average Bonchev–Trinajstić information content (AvgIpc) is 2.69. The van der Waals surface area contributed by atoms with Crippen LogP contribution in [-0.2, 0) is 0 Å². The van der Waals surface area contributed by atoms with Crippen molar-refractivity contribution < 1.29 is 9.22 Å². The molecule has 0 aromatic heterocycles. The van der Waals surface area contributed by atoms with Gasteiger partial charge in [0.1, 0.15) is 18.9 Å². The monoisotopic (exact) mass is 334 g/mol. The van der Waals surface area contributed by atoms with Crippen molar-refractivity contribution >= 4 is 12.2 Å². The minimum absolute atomic E-state index is 0.837. The van der Waals surface area contributed by atoms with Gasteiger partial charge in [-0.1, -0.05) is 54.6 Å². The summed E-state index contributed by atoms with van der Waals surface area (Å²) in [5, 5.41) is 0. The Morgan fingerprint density at radius 3 is 2.04 bits per heavy atom. The van der Waals surface area contributed by atoms with Gasteiger partial charge < -0.3 is 9.22 Å². The van der Waals surface area contributed by atoms with Gasteiger partial charge in [-0.15, -0.1) is 0 Å². The molecule has 0 unspecified atom stereocenters. The van der Waals surface area contributed by atoms with E-state index in [4.69, 9.17) is 4.74 Å². The third-order valence-electron chi connectivity index (χ3n) is 6.02. The molecule has 2 nitrogen and oxygen atoms in total. The summed E-state index contributed by atoms with van der Waals surface area (Å²) in [6.45, 7) is 6.12. The third kappa shape index (κ3) is 4.13. The summed E-state index contributed by atoms with van der Waals surface area (Å²) < 4.78 is 7.33. The molecule has 2 bridgehead atoms. The van der Waals surface area contributed by atoms with Crippen LogP contribution in [0, 0.1) is 5.92 Å². The second-order valence-corrected chi connectivity index (χ2v) is 7.63. The topological polar surface area (TPSA) is 9.23 Å². The van der Waals surface area contributed by atoms with E-state index in [-0.39, 0.29) is 0 Å². The summed E-state index contributed by atoms with van der Waals surface area (Å²) in [4.78, 5) is 0. The Morgan fingerprint density at radius 2 is 1.40 bits per heavy atom. The van der Waals surface area contributed by atoms with Crippen molar-refractivity contribution in [2.45, 2.75) is 19.3 Å². The lowest BCUT2D eigenvalue weighted by atomic mass is 9.86. The predicted molar refractivity (Wildman–Crippen MR) is 104 cm³/mol. The standard InChI is InChI=1S/C23H28NO/c1-2-4-20(5-3-1)6-7-21-8-10-23(11-9-21)25-19-18-24-15-12-22(13-16-24)14-17-24/h1-11,22H,12-19H2/q+1. The molecule has 2 aromatic rings. The fourth-order valence-electron chi connectivity index (χ4n) is 4.26. The van der Waals surface area contributed by atoms with E-state index < -0.39 is 0 Å². The van der Waals surface area contributed by atoms with E-state index in [9.17, 15) is 0 Å². The van der Waals surface area contributed by atoms with Gasteiger partial charge in [-0.25, -0.2) is 0 Å². The first-order chi connectivity index (χ1) is 12.3. The van der Waals surface area contributed by atoms with Crippen LogP contribution in [0.15, 0.2) is 54.6 Å².